The van der Waals surface area contributed by atoms with Crippen molar-refractivity contribution in [3.05, 3.63) is 94.6 Å². The fourth-order valence-corrected chi connectivity index (χ4v) is 6.05. The van der Waals surface area contributed by atoms with Crippen LogP contribution in [0.5, 0.6) is 0 Å². The second kappa shape index (κ2) is 8.07. The van der Waals surface area contributed by atoms with E-state index in [1.165, 1.54) is 69.4 Å². The van der Waals surface area contributed by atoms with Crippen LogP contribution in [-0.4, -0.2) is 0 Å². The minimum Gasteiger partial charge on any atom is -0.0952 e. The van der Waals surface area contributed by atoms with Gasteiger partial charge in [0.15, 0.2) is 0 Å². The monoisotopic (exact) mass is 420 g/mol. The van der Waals surface area contributed by atoms with E-state index < -0.39 is 0 Å². The summed E-state index contributed by atoms with van der Waals surface area (Å²) in [5.41, 5.74) is 13.0. The molecule has 0 radical (unpaired) electrons. The standard InChI is InChI=1S/C32H36/c1-6-32(7-2)19-22(5)31-18-26(10-11-28(31)20-32)24-9-8-23(16-24)25-12-15-30-27(17-25)13-14-29(30)21(3)4/h9-18,21,29H,5-8,19-20H2,1-4H3. The first kappa shape index (κ1) is 21.3. The van der Waals surface area contributed by atoms with Crippen LogP contribution in [0.1, 0.15) is 92.7 Å². The normalized spacial score (nSPS) is 20.9. The zero-order valence-corrected chi connectivity index (χ0v) is 20.2. The van der Waals surface area contributed by atoms with Gasteiger partial charge in [0.2, 0.25) is 0 Å². The van der Waals surface area contributed by atoms with Crippen molar-refractivity contribution in [3.63, 3.8) is 0 Å². The third kappa shape index (κ3) is 3.54. The van der Waals surface area contributed by atoms with Gasteiger partial charge in [0.05, 0.1) is 0 Å². The summed E-state index contributed by atoms with van der Waals surface area (Å²) in [6, 6.07) is 14.2. The van der Waals surface area contributed by atoms with E-state index in [2.05, 4.69) is 95.0 Å². The van der Waals surface area contributed by atoms with Crippen molar-refractivity contribution in [3.8, 4) is 0 Å². The molecule has 0 bridgehead atoms. The molecule has 164 valence electrons. The SMILES string of the molecule is C=C1CC(CC)(CC)Cc2ccc(C3=CCC(c4ccc5c(c4)C=CC5C(C)C)=C3)cc21. The maximum Gasteiger partial charge on any atom is 0.00502 e. The van der Waals surface area contributed by atoms with E-state index in [1.807, 2.05) is 0 Å². The van der Waals surface area contributed by atoms with Crippen molar-refractivity contribution in [2.75, 3.05) is 0 Å². The van der Waals surface area contributed by atoms with Crippen LogP contribution in [0.25, 0.3) is 22.8 Å². The average molecular weight is 421 g/mol. The second-order valence-electron chi connectivity index (χ2n) is 10.5. The van der Waals surface area contributed by atoms with Crippen LogP contribution in [-0.2, 0) is 6.42 Å². The lowest BCUT2D eigenvalue weighted by Gasteiger charge is -2.38. The van der Waals surface area contributed by atoms with Crippen LogP contribution in [0.15, 0.2) is 61.2 Å². The summed E-state index contributed by atoms with van der Waals surface area (Å²) < 4.78 is 0. The first-order valence-electron chi connectivity index (χ1n) is 12.5. The minimum atomic E-state index is 0.405. The molecular weight excluding hydrogens is 384 g/mol. The van der Waals surface area contributed by atoms with Crippen molar-refractivity contribution in [1.82, 2.24) is 0 Å². The lowest BCUT2D eigenvalue weighted by molar-refractivity contribution is 0.261. The molecule has 0 fully saturated rings. The van der Waals surface area contributed by atoms with Crippen molar-refractivity contribution in [1.29, 1.82) is 0 Å². The maximum absolute atomic E-state index is 4.49. The molecular formula is C32H36. The van der Waals surface area contributed by atoms with E-state index in [9.17, 15) is 0 Å². The smallest absolute Gasteiger partial charge is 0.00502 e. The van der Waals surface area contributed by atoms with Gasteiger partial charge in [0, 0.05) is 5.92 Å². The Labute approximate surface area is 194 Å². The number of allylic oxidation sites excluding steroid dienone is 6. The van der Waals surface area contributed by atoms with Gasteiger partial charge in [-0.1, -0.05) is 82.8 Å². The fourth-order valence-electron chi connectivity index (χ4n) is 6.05. The van der Waals surface area contributed by atoms with Crippen LogP contribution in [0.3, 0.4) is 0 Å². The molecule has 0 nitrogen and oxygen atoms in total. The van der Waals surface area contributed by atoms with Crippen molar-refractivity contribution in [2.45, 2.75) is 65.7 Å². The van der Waals surface area contributed by atoms with Gasteiger partial charge in [-0.3, -0.25) is 0 Å². The third-order valence-corrected chi connectivity index (χ3v) is 8.37. The molecule has 5 rings (SSSR count). The van der Waals surface area contributed by atoms with Gasteiger partial charge in [-0.25, -0.2) is 0 Å². The van der Waals surface area contributed by atoms with E-state index >= 15 is 0 Å². The third-order valence-electron chi connectivity index (χ3n) is 8.37. The lowest BCUT2D eigenvalue weighted by atomic mass is 9.66. The number of hydrogen-bond acceptors (Lipinski definition) is 0. The molecule has 2 aromatic rings. The molecule has 0 aliphatic heterocycles. The molecule has 2 aromatic carbocycles. The van der Waals surface area contributed by atoms with Crippen LogP contribution >= 0.6 is 0 Å². The van der Waals surface area contributed by atoms with Gasteiger partial charge >= 0.3 is 0 Å². The topological polar surface area (TPSA) is 0 Å². The van der Waals surface area contributed by atoms with Crippen LogP contribution < -0.4 is 0 Å². The molecule has 0 saturated carbocycles. The predicted octanol–water partition coefficient (Wildman–Crippen LogP) is 9.09. The molecule has 0 amide bonds. The zero-order chi connectivity index (χ0) is 22.5. The Morgan fingerprint density at radius 1 is 1.00 bits per heavy atom. The highest BCUT2D eigenvalue weighted by Gasteiger charge is 2.33. The van der Waals surface area contributed by atoms with Gasteiger partial charge in [-0.05, 0) is 106 Å². The Hall–Kier alpha value is -2.60. The van der Waals surface area contributed by atoms with E-state index in [4.69, 9.17) is 0 Å². The van der Waals surface area contributed by atoms with Crippen LogP contribution in [0.4, 0.5) is 0 Å². The number of benzene rings is 2. The minimum absolute atomic E-state index is 0.405. The summed E-state index contributed by atoms with van der Waals surface area (Å²) in [4.78, 5) is 0. The Bertz CT molecular complexity index is 1160. The lowest BCUT2D eigenvalue weighted by Crippen LogP contribution is -2.26. The van der Waals surface area contributed by atoms with Gasteiger partial charge in [-0.2, -0.15) is 0 Å². The number of rotatable bonds is 5. The van der Waals surface area contributed by atoms with Gasteiger partial charge < -0.3 is 0 Å². The highest BCUT2D eigenvalue weighted by molar-refractivity contribution is 5.91. The van der Waals surface area contributed by atoms with Crippen molar-refractivity contribution >= 4 is 22.8 Å². The van der Waals surface area contributed by atoms with Crippen molar-refractivity contribution < 1.29 is 0 Å². The number of fused-ring (bicyclic) bond motifs is 2. The molecule has 1 unspecified atom stereocenters. The molecule has 0 N–H and O–H groups in total. The molecule has 0 saturated heterocycles. The zero-order valence-electron chi connectivity index (χ0n) is 20.2. The molecule has 3 aliphatic rings. The highest BCUT2D eigenvalue weighted by atomic mass is 14.4. The van der Waals surface area contributed by atoms with E-state index in [-0.39, 0.29) is 0 Å². The summed E-state index contributed by atoms with van der Waals surface area (Å²) in [6.45, 7) is 13.8. The molecule has 0 aromatic heterocycles. The first-order valence-corrected chi connectivity index (χ1v) is 12.5. The Balaban J connectivity index is 1.40. The van der Waals surface area contributed by atoms with Crippen molar-refractivity contribution in [2.24, 2.45) is 11.3 Å². The van der Waals surface area contributed by atoms with Gasteiger partial charge in [-0.15, -0.1) is 0 Å². The Kier molecular flexibility index (Phi) is 5.36. The summed E-state index contributed by atoms with van der Waals surface area (Å²) in [6.07, 6.45) is 15.3. The van der Waals surface area contributed by atoms with Gasteiger partial charge in [0.1, 0.15) is 0 Å². The van der Waals surface area contributed by atoms with E-state index in [1.54, 1.807) is 0 Å². The molecule has 3 aliphatic carbocycles. The molecule has 0 heterocycles. The Morgan fingerprint density at radius 2 is 1.78 bits per heavy atom. The summed E-state index contributed by atoms with van der Waals surface area (Å²) in [5, 5.41) is 0. The average Bonchev–Trinajstić information content (AvgIpc) is 3.46. The number of hydrogen-bond donors (Lipinski definition) is 0. The summed E-state index contributed by atoms with van der Waals surface area (Å²) >= 11 is 0. The first-order chi connectivity index (χ1) is 15.4. The van der Waals surface area contributed by atoms with Crippen LogP contribution in [0, 0.1) is 11.3 Å². The van der Waals surface area contributed by atoms with E-state index in [0.29, 0.717) is 17.3 Å². The van der Waals surface area contributed by atoms with Crippen LogP contribution in [0.2, 0.25) is 0 Å². The second-order valence-corrected chi connectivity index (χ2v) is 10.5. The molecule has 0 heteroatoms. The fraction of sp³-hybridized carbons (Fsp3) is 0.375. The molecule has 1 atom stereocenters. The predicted molar refractivity (Wildman–Crippen MR) is 140 cm³/mol. The summed E-state index contributed by atoms with van der Waals surface area (Å²) in [5.74, 6) is 1.21. The van der Waals surface area contributed by atoms with E-state index in [0.717, 1.165) is 12.8 Å². The molecule has 32 heavy (non-hydrogen) atoms. The highest BCUT2D eigenvalue weighted by Crippen LogP contribution is 2.46. The Morgan fingerprint density at radius 3 is 2.53 bits per heavy atom. The summed E-state index contributed by atoms with van der Waals surface area (Å²) in [7, 11) is 0. The largest absolute Gasteiger partial charge is 0.0952 e. The maximum atomic E-state index is 4.49. The van der Waals surface area contributed by atoms with Gasteiger partial charge in [0.25, 0.3) is 0 Å². The molecule has 0 spiro atoms. The quantitative estimate of drug-likeness (QED) is 0.452.